The number of ether oxygens (including phenoxy) is 1. The van der Waals surface area contributed by atoms with Crippen molar-refractivity contribution in [2.75, 3.05) is 13.2 Å². The third-order valence-corrected chi connectivity index (χ3v) is 3.14. The van der Waals surface area contributed by atoms with Crippen LogP contribution in [0, 0.1) is 5.41 Å². The van der Waals surface area contributed by atoms with Crippen molar-refractivity contribution in [3.63, 3.8) is 0 Å². The van der Waals surface area contributed by atoms with Crippen LogP contribution in [0.3, 0.4) is 0 Å². The van der Waals surface area contributed by atoms with E-state index in [-0.39, 0.29) is 24.5 Å². The third-order valence-electron chi connectivity index (χ3n) is 3.14. The summed E-state index contributed by atoms with van der Waals surface area (Å²) in [6, 6.07) is -0.980. The van der Waals surface area contributed by atoms with Crippen LogP contribution in [-0.4, -0.2) is 36.2 Å². The van der Waals surface area contributed by atoms with Gasteiger partial charge in [0.15, 0.2) is 6.04 Å². The zero-order valence-corrected chi connectivity index (χ0v) is 10.1. The van der Waals surface area contributed by atoms with E-state index in [0.717, 1.165) is 19.3 Å². The number of nitrogens with one attached hydrogen (secondary N) is 1. The van der Waals surface area contributed by atoms with Gasteiger partial charge in [0.2, 0.25) is 5.91 Å². The lowest BCUT2D eigenvalue weighted by Gasteiger charge is -2.18. The number of carbonyl (C=O) groups is 2. The van der Waals surface area contributed by atoms with E-state index in [9.17, 15) is 9.59 Å². The molecule has 1 atom stereocenters. The Morgan fingerprint density at radius 1 is 1.59 bits per heavy atom. The Morgan fingerprint density at radius 2 is 2.24 bits per heavy atom. The first-order chi connectivity index (χ1) is 8.05. The molecule has 0 aromatic heterocycles. The van der Waals surface area contributed by atoms with Crippen molar-refractivity contribution < 1.29 is 19.4 Å². The third kappa shape index (κ3) is 3.56. The molecule has 1 unspecified atom stereocenters. The van der Waals surface area contributed by atoms with Gasteiger partial charge < -0.3 is 15.2 Å². The normalized spacial score (nSPS) is 18.2. The van der Waals surface area contributed by atoms with Crippen molar-refractivity contribution >= 4 is 11.9 Å². The summed E-state index contributed by atoms with van der Waals surface area (Å²) in [7, 11) is 0. The van der Waals surface area contributed by atoms with Crippen molar-refractivity contribution in [1.82, 2.24) is 5.32 Å². The van der Waals surface area contributed by atoms with Crippen LogP contribution in [0.5, 0.6) is 0 Å². The first-order valence-corrected chi connectivity index (χ1v) is 5.78. The molecule has 5 heteroatoms. The summed E-state index contributed by atoms with van der Waals surface area (Å²) in [6.45, 7) is 5.65. The van der Waals surface area contributed by atoms with Gasteiger partial charge in [0.05, 0.1) is 13.2 Å². The topological polar surface area (TPSA) is 75.6 Å². The zero-order valence-electron chi connectivity index (χ0n) is 10.1. The summed E-state index contributed by atoms with van der Waals surface area (Å²) in [5, 5.41) is 11.5. The highest BCUT2D eigenvalue weighted by atomic mass is 16.5. The van der Waals surface area contributed by atoms with Crippen molar-refractivity contribution in [3.05, 3.63) is 12.7 Å². The number of hydrogen-bond acceptors (Lipinski definition) is 3. The quantitative estimate of drug-likeness (QED) is 0.490. The first kappa shape index (κ1) is 13.7. The lowest BCUT2D eigenvalue weighted by molar-refractivity contribution is -0.144. The molecule has 2 N–H and O–H groups in total. The van der Waals surface area contributed by atoms with Gasteiger partial charge in [-0.05, 0) is 19.3 Å². The Hall–Kier alpha value is -1.36. The van der Waals surface area contributed by atoms with Gasteiger partial charge >= 0.3 is 5.97 Å². The lowest BCUT2D eigenvalue weighted by atomic mass is 10.0. The Kier molecular flexibility index (Phi) is 4.69. The van der Waals surface area contributed by atoms with Gasteiger partial charge in [-0.15, -0.1) is 6.58 Å². The van der Waals surface area contributed by atoms with E-state index in [1.165, 1.54) is 6.08 Å². The van der Waals surface area contributed by atoms with Crippen LogP contribution in [-0.2, 0) is 14.3 Å². The number of carboxylic acid groups (broad SMARTS) is 1. The van der Waals surface area contributed by atoms with Crippen molar-refractivity contribution in [2.45, 2.75) is 32.2 Å². The maximum absolute atomic E-state index is 11.9. The van der Waals surface area contributed by atoms with E-state index < -0.39 is 12.0 Å². The molecule has 0 bridgehead atoms. The maximum atomic E-state index is 11.9. The highest BCUT2D eigenvalue weighted by molar-refractivity contribution is 5.89. The summed E-state index contributed by atoms with van der Waals surface area (Å²) in [5.74, 6) is -1.25. The molecule has 0 aliphatic heterocycles. The fourth-order valence-electron chi connectivity index (χ4n) is 1.65. The molecular weight excluding hydrogens is 222 g/mol. The number of rotatable bonds is 8. The minimum atomic E-state index is -1.07. The fraction of sp³-hybridized carbons (Fsp3) is 0.667. The predicted molar refractivity (Wildman–Crippen MR) is 62.5 cm³/mol. The Bertz CT molecular complexity index is 310. The monoisotopic (exact) mass is 241 g/mol. The molecule has 0 radical (unpaired) electrons. The van der Waals surface area contributed by atoms with E-state index in [2.05, 4.69) is 11.9 Å². The van der Waals surface area contributed by atoms with Crippen LogP contribution in [0.4, 0.5) is 0 Å². The highest BCUT2D eigenvalue weighted by Gasteiger charge is 2.48. The van der Waals surface area contributed by atoms with Crippen LogP contribution in [0.25, 0.3) is 0 Å². The number of hydrogen-bond donors (Lipinski definition) is 2. The minimum absolute atomic E-state index is 0.0348. The van der Waals surface area contributed by atoms with Gasteiger partial charge in [0.1, 0.15) is 0 Å². The molecule has 5 nitrogen and oxygen atoms in total. The molecule has 0 saturated heterocycles. The van der Waals surface area contributed by atoms with Gasteiger partial charge in [-0.2, -0.15) is 0 Å². The molecule has 1 rings (SSSR count). The second kappa shape index (κ2) is 5.82. The molecule has 17 heavy (non-hydrogen) atoms. The van der Waals surface area contributed by atoms with Crippen LogP contribution in [0.2, 0.25) is 0 Å². The summed E-state index contributed by atoms with van der Waals surface area (Å²) in [6.07, 6.45) is 3.97. The first-order valence-electron chi connectivity index (χ1n) is 5.78. The van der Waals surface area contributed by atoms with Crippen LogP contribution < -0.4 is 5.32 Å². The van der Waals surface area contributed by atoms with E-state index in [4.69, 9.17) is 9.84 Å². The van der Waals surface area contributed by atoms with Crippen LogP contribution in [0.1, 0.15) is 26.2 Å². The number of amides is 1. The number of aliphatic carboxylic acids is 1. The summed E-state index contributed by atoms with van der Waals surface area (Å²) in [4.78, 5) is 22.8. The van der Waals surface area contributed by atoms with Gasteiger partial charge in [-0.1, -0.05) is 13.0 Å². The average Bonchev–Trinajstić information content (AvgIpc) is 3.08. The minimum Gasteiger partial charge on any atom is -0.480 e. The Morgan fingerprint density at radius 3 is 2.65 bits per heavy atom. The lowest BCUT2D eigenvalue weighted by Crippen LogP contribution is -2.47. The predicted octanol–water partition coefficient (Wildman–Crippen LogP) is 0.949. The molecule has 96 valence electrons. The molecule has 0 aromatic rings. The maximum Gasteiger partial charge on any atom is 0.328 e. The van der Waals surface area contributed by atoms with E-state index >= 15 is 0 Å². The van der Waals surface area contributed by atoms with Gasteiger partial charge in [-0.25, -0.2) is 4.79 Å². The second-order valence-electron chi connectivity index (χ2n) is 4.32. The summed E-state index contributed by atoms with van der Waals surface area (Å²) < 4.78 is 5.06. The van der Waals surface area contributed by atoms with Crippen molar-refractivity contribution in [1.29, 1.82) is 0 Å². The zero-order chi connectivity index (χ0) is 12.9. The fourth-order valence-corrected chi connectivity index (χ4v) is 1.65. The molecule has 1 amide bonds. The largest absolute Gasteiger partial charge is 0.480 e. The second-order valence-corrected chi connectivity index (χ2v) is 4.32. The smallest absolute Gasteiger partial charge is 0.328 e. The molecule has 1 saturated carbocycles. The van der Waals surface area contributed by atoms with Gasteiger partial charge in [0.25, 0.3) is 0 Å². The van der Waals surface area contributed by atoms with Gasteiger partial charge in [0, 0.05) is 5.41 Å². The standard InChI is InChI=1S/C12H19NO4/c1-3-7-17-8-9(10(14)15)13-11(16)12(4-2)5-6-12/h3,9H,1,4-8H2,2H3,(H,13,16)(H,14,15). The van der Waals surface area contributed by atoms with Crippen LogP contribution >= 0.6 is 0 Å². The molecule has 0 heterocycles. The molecular formula is C12H19NO4. The Balaban J connectivity index is 2.46. The van der Waals surface area contributed by atoms with E-state index in [1.54, 1.807) is 0 Å². The number of carbonyl (C=O) groups excluding carboxylic acids is 1. The molecule has 0 aromatic carbocycles. The SMILES string of the molecule is C=CCOCC(NC(=O)C1(CC)CC1)C(=O)O. The highest BCUT2D eigenvalue weighted by Crippen LogP contribution is 2.48. The molecule has 1 fully saturated rings. The van der Waals surface area contributed by atoms with E-state index in [1.807, 2.05) is 6.92 Å². The van der Waals surface area contributed by atoms with Gasteiger partial charge in [-0.3, -0.25) is 4.79 Å². The van der Waals surface area contributed by atoms with Crippen molar-refractivity contribution in [3.8, 4) is 0 Å². The van der Waals surface area contributed by atoms with Crippen LogP contribution in [0.15, 0.2) is 12.7 Å². The van der Waals surface area contributed by atoms with Crippen molar-refractivity contribution in [2.24, 2.45) is 5.41 Å². The number of carboxylic acids is 1. The van der Waals surface area contributed by atoms with E-state index in [0.29, 0.717) is 0 Å². The molecule has 1 aliphatic carbocycles. The average molecular weight is 241 g/mol. The summed E-state index contributed by atoms with van der Waals surface area (Å²) in [5.41, 5.74) is -0.327. The molecule has 1 aliphatic rings. The molecule has 0 spiro atoms. The summed E-state index contributed by atoms with van der Waals surface area (Å²) >= 11 is 0. The Labute approximate surface area is 101 Å².